The van der Waals surface area contributed by atoms with E-state index in [0.717, 1.165) is 13.1 Å². The highest BCUT2D eigenvalue weighted by molar-refractivity contribution is 5.92. The summed E-state index contributed by atoms with van der Waals surface area (Å²) in [4.78, 5) is 40.7. The van der Waals surface area contributed by atoms with Crippen molar-refractivity contribution in [3.63, 3.8) is 0 Å². The Morgan fingerprint density at radius 2 is 0.821 bits per heavy atom. The fourth-order valence-corrected chi connectivity index (χ4v) is 3.13. The maximum Gasteiger partial charge on any atom is 0.239 e. The van der Waals surface area contributed by atoms with E-state index in [1.165, 1.54) is 12.8 Å². The van der Waals surface area contributed by atoms with Gasteiger partial charge in [-0.1, -0.05) is 27.7 Å². The maximum absolute atomic E-state index is 10.9. The molecule has 0 aromatic carbocycles. The van der Waals surface area contributed by atoms with Gasteiger partial charge in [-0.15, -0.1) is 0 Å². The second-order valence-corrected chi connectivity index (χ2v) is 8.46. The minimum Gasteiger partial charge on any atom is -0.356 e. The lowest BCUT2D eigenvalue weighted by Gasteiger charge is -2.08. The highest BCUT2D eigenvalue weighted by Crippen LogP contribution is 2.17. The molecule has 4 rings (SSSR count). The average Bonchev–Trinajstić information content (AvgIpc) is 3.50. The van der Waals surface area contributed by atoms with Crippen LogP contribution in [0.3, 0.4) is 0 Å². The van der Waals surface area contributed by atoms with E-state index >= 15 is 0 Å². The summed E-state index contributed by atoms with van der Waals surface area (Å²) in [5.74, 6) is 3.21. The zero-order valence-corrected chi connectivity index (χ0v) is 17.6. The first-order valence-corrected chi connectivity index (χ1v) is 10.2. The molecule has 0 bridgehead atoms. The van der Waals surface area contributed by atoms with Crippen LogP contribution in [-0.2, 0) is 19.2 Å². The van der Waals surface area contributed by atoms with Gasteiger partial charge in [-0.3, -0.25) is 19.2 Å². The van der Waals surface area contributed by atoms with Gasteiger partial charge in [0.15, 0.2) is 0 Å². The predicted molar refractivity (Wildman–Crippen MR) is 107 cm³/mol. The van der Waals surface area contributed by atoms with Crippen molar-refractivity contribution in [2.24, 2.45) is 23.7 Å². The summed E-state index contributed by atoms with van der Waals surface area (Å²) >= 11 is 0. The summed E-state index contributed by atoms with van der Waals surface area (Å²) in [6, 6.07) is 0. The van der Waals surface area contributed by atoms with Crippen LogP contribution in [0, 0.1) is 23.7 Å². The fourth-order valence-electron chi connectivity index (χ4n) is 3.13. The molecule has 0 radical (unpaired) electrons. The van der Waals surface area contributed by atoms with Crippen LogP contribution in [0.4, 0.5) is 0 Å². The van der Waals surface area contributed by atoms with E-state index in [2.05, 4.69) is 49.0 Å². The molecule has 4 atom stereocenters. The van der Waals surface area contributed by atoms with Crippen molar-refractivity contribution in [3.8, 4) is 0 Å². The molecule has 4 aliphatic heterocycles. The Morgan fingerprint density at radius 1 is 0.536 bits per heavy atom. The summed E-state index contributed by atoms with van der Waals surface area (Å²) in [5, 5.41) is 10.7. The molecule has 4 aliphatic rings. The summed E-state index contributed by atoms with van der Waals surface area (Å²) in [7, 11) is 0. The number of carbonyl (C=O) groups excluding carboxylic acids is 4. The van der Waals surface area contributed by atoms with E-state index in [0.29, 0.717) is 49.6 Å². The molecule has 4 saturated heterocycles. The molecular weight excluding hydrogens is 360 g/mol. The number of hydrogen-bond donors (Lipinski definition) is 4. The summed E-state index contributed by atoms with van der Waals surface area (Å²) in [6.07, 6.45) is 3.78. The SMILES string of the molecule is CC1CNC(=O)CC(C)C1.CC1CNC(=O)CC(C)C1.O=C1CN1.O=C1CN1. The zero-order chi connectivity index (χ0) is 21.1. The van der Waals surface area contributed by atoms with Crippen molar-refractivity contribution >= 4 is 23.6 Å². The number of nitrogens with one attached hydrogen (secondary N) is 4. The minimum absolute atomic E-state index is 0.167. The quantitative estimate of drug-likeness (QED) is 0.445. The van der Waals surface area contributed by atoms with Gasteiger partial charge >= 0.3 is 0 Å². The second-order valence-electron chi connectivity index (χ2n) is 8.46. The standard InChI is InChI=1S/2C8H15NO.2C2H3NO/c2*1-6-3-7(2)5-9-8(10)4-6;2*4-2-1-3-2/h2*6-7H,3-5H2,1-2H3,(H,9,10);2*1H2,(H,3,4). The van der Waals surface area contributed by atoms with Crippen LogP contribution in [0.15, 0.2) is 0 Å². The van der Waals surface area contributed by atoms with E-state index in [4.69, 9.17) is 0 Å². The molecule has 4 fully saturated rings. The normalized spacial score (nSPS) is 30.4. The monoisotopic (exact) mass is 396 g/mol. The number of carbonyl (C=O) groups is 4. The molecule has 0 saturated carbocycles. The third-order valence-electron chi connectivity index (χ3n) is 4.61. The Balaban J connectivity index is 0.000000202. The highest BCUT2D eigenvalue weighted by atomic mass is 16.2. The summed E-state index contributed by atoms with van der Waals surface area (Å²) < 4.78 is 0. The highest BCUT2D eigenvalue weighted by Gasteiger charge is 2.18. The maximum atomic E-state index is 10.9. The summed E-state index contributed by atoms with van der Waals surface area (Å²) in [6.45, 7) is 11.6. The van der Waals surface area contributed by atoms with Gasteiger partial charge in [0.2, 0.25) is 23.6 Å². The third kappa shape index (κ3) is 14.0. The van der Waals surface area contributed by atoms with Crippen LogP contribution in [0.1, 0.15) is 53.4 Å². The molecule has 160 valence electrons. The predicted octanol–water partition coefficient (Wildman–Crippen LogP) is 0.570. The molecule has 8 nitrogen and oxygen atoms in total. The van der Waals surface area contributed by atoms with Gasteiger partial charge in [0.05, 0.1) is 13.1 Å². The van der Waals surface area contributed by atoms with E-state index in [1.807, 2.05) is 0 Å². The Labute approximate surface area is 168 Å². The Hall–Kier alpha value is -2.12. The number of hydrogen-bond acceptors (Lipinski definition) is 4. The van der Waals surface area contributed by atoms with Gasteiger partial charge in [-0.05, 0) is 36.5 Å². The van der Waals surface area contributed by atoms with E-state index in [9.17, 15) is 19.2 Å². The second kappa shape index (κ2) is 12.4. The Morgan fingerprint density at radius 3 is 1.07 bits per heavy atom. The first-order chi connectivity index (χ1) is 13.2. The molecule has 0 aromatic rings. The topological polar surface area (TPSA) is 136 Å². The zero-order valence-electron chi connectivity index (χ0n) is 17.6. The van der Waals surface area contributed by atoms with Crippen LogP contribution in [-0.4, -0.2) is 49.8 Å². The number of amides is 4. The molecule has 4 N–H and O–H groups in total. The van der Waals surface area contributed by atoms with Crippen LogP contribution in [0.2, 0.25) is 0 Å². The van der Waals surface area contributed by atoms with Crippen molar-refractivity contribution in [2.45, 2.75) is 53.4 Å². The Kier molecular flexibility index (Phi) is 10.6. The van der Waals surface area contributed by atoms with Crippen molar-refractivity contribution in [3.05, 3.63) is 0 Å². The van der Waals surface area contributed by atoms with Gasteiger partial charge in [0, 0.05) is 25.9 Å². The van der Waals surface area contributed by atoms with Crippen LogP contribution < -0.4 is 21.3 Å². The third-order valence-corrected chi connectivity index (χ3v) is 4.61. The van der Waals surface area contributed by atoms with Crippen LogP contribution >= 0.6 is 0 Å². The van der Waals surface area contributed by atoms with E-state index in [1.54, 1.807) is 0 Å². The number of rotatable bonds is 0. The van der Waals surface area contributed by atoms with E-state index < -0.39 is 0 Å². The lowest BCUT2D eigenvalue weighted by molar-refractivity contribution is -0.122. The lowest BCUT2D eigenvalue weighted by atomic mass is 9.97. The Bertz CT molecular complexity index is 492. The molecule has 0 aliphatic carbocycles. The van der Waals surface area contributed by atoms with Crippen LogP contribution in [0.5, 0.6) is 0 Å². The van der Waals surface area contributed by atoms with Gasteiger partial charge in [0.1, 0.15) is 0 Å². The van der Waals surface area contributed by atoms with Crippen molar-refractivity contribution in [2.75, 3.05) is 26.2 Å². The first-order valence-electron chi connectivity index (χ1n) is 10.2. The first kappa shape index (κ1) is 23.9. The average molecular weight is 397 g/mol. The van der Waals surface area contributed by atoms with E-state index in [-0.39, 0.29) is 23.6 Å². The molecule has 4 unspecified atom stereocenters. The van der Waals surface area contributed by atoms with Gasteiger partial charge in [-0.25, -0.2) is 0 Å². The largest absolute Gasteiger partial charge is 0.356 e. The van der Waals surface area contributed by atoms with Gasteiger partial charge in [0.25, 0.3) is 0 Å². The van der Waals surface area contributed by atoms with Gasteiger partial charge < -0.3 is 21.3 Å². The molecule has 0 aromatic heterocycles. The molecule has 4 heterocycles. The smallest absolute Gasteiger partial charge is 0.239 e. The fraction of sp³-hybridized carbons (Fsp3) is 0.800. The summed E-state index contributed by atoms with van der Waals surface area (Å²) in [5.41, 5.74) is 0. The molecule has 4 amide bonds. The molecule has 8 heteroatoms. The van der Waals surface area contributed by atoms with Crippen LogP contribution in [0.25, 0.3) is 0 Å². The van der Waals surface area contributed by atoms with Gasteiger partial charge in [-0.2, -0.15) is 0 Å². The minimum atomic E-state index is 0.167. The molecule has 28 heavy (non-hydrogen) atoms. The van der Waals surface area contributed by atoms with Crippen molar-refractivity contribution in [1.82, 2.24) is 21.3 Å². The molecule has 0 spiro atoms. The van der Waals surface area contributed by atoms with Crippen molar-refractivity contribution < 1.29 is 19.2 Å². The molecular formula is C20H36N4O4. The lowest BCUT2D eigenvalue weighted by Crippen LogP contribution is -2.24. The van der Waals surface area contributed by atoms with Crippen molar-refractivity contribution in [1.29, 1.82) is 0 Å².